The third-order valence-corrected chi connectivity index (χ3v) is 7.77. The first kappa shape index (κ1) is 23.0. The van der Waals surface area contributed by atoms with Crippen LogP contribution in [0.1, 0.15) is 12.5 Å². The van der Waals surface area contributed by atoms with E-state index in [2.05, 4.69) is 54.3 Å². The SMILES string of the molecule is CCOc1cc(-c2ccc(N3C[C@H]4CN(Cc5ccc(OC)nc5)C[C@H]4C3)nc2)c2c3cn[nH]c3nn2c1. The van der Waals surface area contributed by atoms with Crippen molar-refractivity contribution < 1.29 is 9.47 Å². The molecular weight excluding hydrogens is 480 g/mol. The number of aromatic nitrogens is 6. The number of ether oxygens (including phenoxy) is 2. The summed E-state index contributed by atoms with van der Waals surface area (Å²) < 4.78 is 12.9. The number of anilines is 1. The summed E-state index contributed by atoms with van der Waals surface area (Å²) in [6.45, 7) is 7.80. The number of nitrogens with one attached hydrogen (secondary N) is 1. The number of H-pyrrole nitrogens is 1. The molecule has 5 aromatic heterocycles. The van der Waals surface area contributed by atoms with Gasteiger partial charge >= 0.3 is 0 Å². The highest BCUT2D eigenvalue weighted by Gasteiger charge is 2.40. The van der Waals surface area contributed by atoms with Crippen LogP contribution in [0.3, 0.4) is 0 Å². The number of aromatic amines is 1. The maximum absolute atomic E-state index is 5.82. The van der Waals surface area contributed by atoms with E-state index in [-0.39, 0.29) is 0 Å². The smallest absolute Gasteiger partial charge is 0.212 e. The minimum Gasteiger partial charge on any atom is -0.492 e. The summed E-state index contributed by atoms with van der Waals surface area (Å²) in [4.78, 5) is 14.2. The summed E-state index contributed by atoms with van der Waals surface area (Å²) in [5.41, 5.74) is 5.04. The number of pyridine rings is 3. The van der Waals surface area contributed by atoms with Gasteiger partial charge in [-0.3, -0.25) is 10.00 Å². The van der Waals surface area contributed by atoms with Crippen molar-refractivity contribution in [1.29, 1.82) is 0 Å². The molecule has 1 N–H and O–H groups in total. The molecule has 38 heavy (non-hydrogen) atoms. The van der Waals surface area contributed by atoms with Crippen LogP contribution < -0.4 is 14.4 Å². The van der Waals surface area contributed by atoms with Crippen LogP contribution in [-0.4, -0.2) is 74.6 Å². The van der Waals surface area contributed by atoms with Gasteiger partial charge in [-0.15, -0.1) is 5.10 Å². The average molecular weight is 511 g/mol. The van der Waals surface area contributed by atoms with Gasteiger partial charge in [0.25, 0.3) is 0 Å². The zero-order valence-corrected chi connectivity index (χ0v) is 21.5. The molecule has 7 rings (SSSR count). The quantitative estimate of drug-likeness (QED) is 0.355. The lowest BCUT2D eigenvalue weighted by molar-refractivity contribution is 0.308. The van der Waals surface area contributed by atoms with Gasteiger partial charge in [0.05, 0.1) is 37.0 Å². The minimum absolute atomic E-state index is 0.592. The Balaban J connectivity index is 1.07. The van der Waals surface area contributed by atoms with E-state index in [0.29, 0.717) is 24.3 Å². The molecule has 2 fully saturated rings. The third-order valence-electron chi connectivity index (χ3n) is 7.77. The van der Waals surface area contributed by atoms with Crippen molar-refractivity contribution in [3.63, 3.8) is 0 Å². The zero-order chi connectivity index (χ0) is 25.6. The molecule has 5 aromatic rings. The van der Waals surface area contributed by atoms with E-state index in [1.54, 1.807) is 7.11 Å². The molecular formula is C28H30N8O2. The molecule has 2 aliphatic rings. The van der Waals surface area contributed by atoms with Gasteiger partial charge in [0, 0.05) is 62.3 Å². The lowest BCUT2D eigenvalue weighted by Crippen LogP contribution is -2.29. The van der Waals surface area contributed by atoms with E-state index in [1.165, 1.54) is 5.56 Å². The summed E-state index contributed by atoms with van der Waals surface area (Å²) in [5, 5.41) is 12.8. The van der Waals surface area contributed by atoms with Crippen LogP contribution in [0.2, 0.25) is 0 Å². The average Bonchev–Trinajstić information content (AvgIpc) is 3.70. The van der Waals surface area contributed by atoms with E-state index >= 15 is 0 Å². The Labute approximate surface area is 220 Å². The lowest BCUT2D eigenvalue weighted by atomic mass is 10.0. The van der Waals surface area contributed by atoms with Crippen molar-refractivity contribution in [1.82, 2.24) is 34.7 Å². The van der Waals surface area contributed by atoms with Gasteiger partial charge in [0.15, 0.2) is 5.65 Å². The monoisotopic (exact) mass is 510 g/mol. The third kappa shape index (κ3) is 4.01. The summed E-state index contributed by atoms with van der Waals surface area (Å²) in [7, 11) is 1.65. The molecule has 194 valence electrons. The van der Waals surface area contributed by atoms with Gasteiger partial charge in [-0.25, -0.2) is 14.5 Å². The van der Waals surface area contributed by atoms with Gasteiger partial charge < -0.3 is 14.4 Å². The van der Waals surface area contributed by atoms with Gasteiger partial charge in [-0.05, 0) is 42.5 Å². The first-order valence-corrected chi connectivity index (χ1v) is 13.1. The molecule has 0 spiro atoms. The molecule has 0 saturated carbocycles. The first-order valence-electron chi connectivity index (χ1n) is 13.1. The van der Waals surface area contributed by atoms with Gasteiger partial charge in [-0.1, -0.05) is 6.07 Å². The Hall–Kier alpha value is -4.18. The second-order valence-electron chi connectivity index (χ2n) is 10.2. The number of rotatable bonds is 7. The first-order chi connectivity index (χ1) is 18.7. The maximum atomic E-state index is 5.82. The highest BCUT2D eigenvalue weighted by molar-refractivity contribution is 6.00. The Bertz CT molecular complexity index is 1560. The van der Waals surface area contributed by atoms with Gasteiger partial charge in [0.2, 0.25) is 5.88 Å². The number of fused-ring (bicyclic) bond motifs is 4. The zero-order valence-electron chi connectivity index (χ0n) is 21.5. The topological polar surface area (TPSA) is 96.7 Å². The molecule has 2 atom stereocenters. The van der Waals surface area contributed by atoms with E-state index in [4.69, 9.17) is 14.5 Å². The van der Waals surface area contributed by atoms with E-state index in [9.17, 15) is 0 Å². The van der Waals surface area contributed by atoms with Crippen LogP contribution in [0.5, 0.6) is 11.6 Å². The Morgan fingerprint density at radius 1 is 1.00 bits per heavy atom. The van der Waals surface area contributed by atoms with Crippen molar-refractivity contribution in [2.45, 2.75) is 13.5 Å². The number of nitrogens with zero attached hydrogens (tertiary/aromatic N) is 7. The van der Waals surface area contributed by atoms with Crippen molar-refractivity contribution in [2.75, 3.05) is 44.8 Å². The van der Waals surface area contributed by atoms with E-state index in [0.717, 1.165) is 72.0 Å². The molecule has 10 nitrogen and oxygen atoms in total. The number of hydrogen-bond donors (Lipinski definition) is 1. The fraction of sp³-hybridized carbons (Fsp3) is 0.357. The minimum atomic E-state index is 0.592. The maximum Gasteiger partial charge on any atom is 0.212 e. The van der Waals surface area contributed by atoms with Gasteiger partial charge in [0.1, 0.15) is 11.6 Å². The number of likely N-dealkylation sites (tertiary alicyclic amines) is 1. The van der Waals surface area contributed by atoms with Crippen molar-refractivity contribution in [2.24, 2.45) is 11.8 Å². The predicted octanol–water partition coefficient (Wildman–Crippen LogP) is 3.64. The molecule has 10 heteroatoms. The predicted molar refractivity (Wildman–Crippen MR) is 145 cm³/mol. The summed E-state index contributed by atoms with van der Waals surface area (Å²) in [5.74, 6) is 3.79. The van der Waals surface area contributed by atoms with Crippen molar-refractivity contribution in [3.05, 3.63) is 60.7 Å². The highest BCUT2D eigenvalue weighted by atomic mass is 16.5. The molecule has 0 aromatic carbocycles. The molecule has 2 aliphatic heterocycles. The lowest BCUT2D eigenvalue weighted by Gasteiger charge is -2.22. The standard InChI is InChI=1S/C28H30N8O2/c1-3-38-22-8-23(27-24-11-31-32-28(24)33-36(27)17-22)19-5-6-25(29-10-19)35-15-20-13-34(14-21(20)16-35)12-18-4-7-26(37-2)30-9-18/h4-11,17,20-21H,3,12-16H2,1-2H3,(H,32,33)/t20-,21+. The van der Waals surface area contributed by atoms with Crippen LogP contribution >= 0.6 is 0 Å². The fourth-order valence-electron chi connectivity index (χ4n) is 6.03. The van der Waals surface area contributed by atoms with E-state index < -0.39 is 0 Å². The number of methoxy groups -OCH3 is 1. The largest absolute Gasteiger partial charge is 0.492 e. The Morgan fingerprint density at radius 2 is 1.87 bits per heavy atom. The van der Waals surface area contributed by atoms with Gasteiger partial charge in [-0.2, -0.15) is 5.10 Å². The van der Waals surface area contributed by atoms with Crippen molar-refractivity contribution >= 4 is 22.4 Å². The Kier molecular flexibility index (Phi) is 5.61. The molecule has 0 radical (unpaired) electrons. The molecule has 0 bridgehead atoms. The summed E-state index contributed by atoms with van der Waals surface area (Å²) in [6, 6.07) is 10.4. The summed E-state index contributed by atoms with van der Waals surface area (Å²) in [6.07, 6.45) is 7.62. The van der Waals surface area contributed by atoms with Crippen LogP contribution in [0.25, 0.3) is 27.7 Å². The van der Waals surface area contributed by atoms with Crippen molar-refractivity contribution in [3.8, 4) is 22.8 Å². The molecule has 0 unspecified atom stereocenters. The number of hydrogen-bond acceptors (Lipinski definition) is 8. The van der Waals surface area contributed by atoms with Crippen LogP contribution in [0.15, 0.2) is 55.1 Å². The Morgan fingerprint density at radius 3 is 2.58 bits per heavy atom. The van der Waals surface area contributed by atoms with Crippen LogP contribution in [-0.2, 0) is 6.54 Å². The molecule has 2 saturated heterocycles. The molecule has 7 heterocycles. The van der Waals surface area contributed by atoms with Crippen LogP contribution in [0, 0.1) is 11.8 Å². The highest BCUT2D eigenvalue weighted by Crippen LogP contribution is 2.36. The van der Waals surface area contributed by atoms with E-state index in [1.807, 2.05) is 42.3 Å². The fourth-order valence-corrected chi connectivity index (χ4v) is 6.03. The second-order valence-corrected chi connectivity index (χ2v) is 10.2. The van der Waals surface area contributed by atoms with Crippen LogP contribution in [0.4, 0.5) is 5.82 Å². The molecule has 0 amide bonds. The molecule has 0 aliphatic carbocycles. The normalized spacial score (nSPS) is 19.5. The second kappa shape index (κ2) is 9.29. The summed E-state index contributed by atoms with van der Waals surface area (Å²) >= 11 is 0.